The first-order valence-electron chi connectivity index (χ1n) is 7.50. The van der Waals surface area contributed by atoms with Crippen molar-refractivity contribution >= 4 is 17.4 Å². The van der Waals surface area contributed by atoms with E-state index >= 15 is 0 Å². The third kappa shape index (κ3) is 3.42. The summed E-state index contributed by atoms with van der Waals surface area (Å²) < 4.78 is 5.88. The van der Waals surface area contributed by atoms with Crippen molar-refractivity contribution in [3.63, 3.8) is 0 Å². The molecule has 1 aromatic rings. The van der Waals surface area contributed by atoms with E-state index in [1.807, 2.05) is 32.0 Å². The molecule has 0 atom stereocenters. The van der Waals surface area contributed by atoms with E-state index in [4.69, 9.17) is 16.3 Å². The third-order valence-corrected chi connectivity index (χ3v) is 4.50. The van der Waals surface area contributed by atoms with Crippen molar-refractivity contribution in [3.05, 3.63) is 34.3 Å². The monoisotopic (exact) mass is 294 g/mol. The number of Topliss-reactive ketones (excluding diaryl/α,β-unsaturated/α-hetero) is 1. The van der Waals surface area contributed by atoms with Crippen molar-refractivity contribution in [1.82, 2.24) is 0 Å². The van der Waals surface area contributed by atoms with Gasteiger partial charge in [-0.1, -0.05) is 43.0 Å². The Morgan fingerprint density at radius 2 is 2.00 bits per heavy atom. The van der Waals surface area contributed by atoms with Crippen LogP contribution in [0, 0.1) is 6.92 Å². The van der Waals surface area contributed by atoms with Crippen molar-refractivity contribution < 1.29 is 9.53 Å². The SMILES string of the molecule is CCOC1(C(=O)Cc2ccc(C)cc2Cl)CCCCC1. The van der Waals surface area contributed by atoms with Crippen molar-refractivity contribution in [1.29, 1.82) is 0 Å². The number of ketones is 1. The van der Waals surface area contributed by atoms with Gasteiger partial charge in [0.15, 0.2) is 5.78 Å². The summed E-state index contributed by atoms with van der Waals surface area (Å²) in [6.07, 6.45) is 5.43. The van der Waals surface area contributed by atoms with Crippen LogP contribution in [0.3, 0.4) is 0 Å². The number of carbonyl (C=O) groups excluding carboxylic acids is 1. The molecule has 1 saturated carbocycles. The Hall–Kier alpha value is -0.860. The number of carbonyl (C=O) groups is 1. The molecule has 0 saturated heterocycles. The highest BCUT2D eigenvalue weighted by Crippen LogP contribution is 2.34. The van der Waals surface area contributed by atoms with Crippen LogP contribution in [0.1, 0.15) is 50.2 Å². The highest BCUT2D eigenvalue weighted by molar-refractivity contribution is 6.31. The maximum atomic E-state index is 12.7. The topological polar surface area (TPSA) is 26.3 Å². The molecular weight excluding hydrogens is 272 g/mol. The van der Waals surface area contributed by atoms with Crippen LogP contribution in [-0.2, 0) is 16.0 Å². The van der Waals surface area contributed by atoms with Gasteiger partial charge in [0.2, 0.25) is 0 Å². The van der Waals surface area contributed by atoms with E-state index in [9.17, 15) is 4.79 Å². The van der Waals surface area contributed by atoms with Crippen molar-refractivity contribution in [2.24, 2.45) is 0 Å². The van der Waals surface area contributed by atoms with Gasteiger partial charge in [-0.25, -0.2) is 0 Å². The predicted octanol–water partition coefficient (Wildman–Crippen LogP) is 4.50. The highest BCUT2D eigenvalue weighted by Gasteiger charge is 2.39. The van der Waals surface area contributed by atoms with Gasteiger partial charge in [0.1, 0.15) is 5.60 Å². The summed E-state index contributed by atoms with van der Waals surface area (Å²) in [7, 11) is 0. The van der Waals surface area contributed by atoms with Crippen LogP contribution in [0.4, 0.5) is 0 Å². The van der Waals surface area contributed by atoms with Crippen LogP contribution in [0.25, 0.3) is 0 Å². The molecule has 0 heterocycles. The smallest absolute Gasteiger partial charge is 0.169 e. The molecule has 0 bridgehead atoms. The van der Waals surface area contributed by atoms with E-state index in [-0.39, 0.29) is 5.78 Å². The molecule has 0 radical (unpaired) electrons. The molecular formula is C17H23ClO2. The molecule has 1 fully saturated rings. The Morgan fingerprint density at radius 1 is 1.30 bits per heavy atom. The summed E-state index contributed by atoms with van der Waals surface area (Å²) in [5, 5.41) is 0.681. The predicted molar refractivity (Wildman–Crippen MR) is 82.3 cm³/mol. The molecule has 0 N–H and O–H groups in total. The van der Waals surface area contributed by atoms with Gasteiger partial charge in [-0.15, -0.1) is 0 Å². The first kappa shape index (κ1) is 15.5. The fourth-order valence-electron chi connectivity index (χ4n) is 3.03. The Morgan fingerprint density at radius 3 is 2.60 bits per heavy atom. The number of hydrogen-bond acceptors (Lipinski definition) is 2. The minimum absolute atomic E-state index is 0.185. The van der Waals surface area contributed by atoms with E-state index in [1.165, 1.54) is 6.42 Å². The highest BCUT2D eigenvalue weighted by atomic mass is 35.5. The second kappa shape index (κ2) is 6.73. The quantitative estimate of drug-likeness (QED) is 0.799. The summed E-state index contributed by atoms with van der Waals surface area (Å²) in [4.78, 5) is 12.7. The molecule has 2 rings (SSSR count). The molecule has 0 unspecified atom stereocenters. The first-order chi connectivity index (χ1) is 9.57. The molecule has 2 nitrogen and oxygen atoms in total. The zero-order valence-electron chi connectivity index (χ0n) is 12.4. The number of benzene rings is 1. The fraction of sp³-hybridized carbons (Fsp3) is 0.588. The van der Waals surface area contributed by atoms with E-state index in [0.29, 0.717) is 18.1 Å². The summed E-state index contributed by atoms with van der Waals surface area (Å²) in [5.41, 5.74) is 1.46. The molecule has 110 valence electrons. The van der Waals surface area contributed by atoms with Crippen molar-refractivity contribution in [3.8, 4) is 0 Å². The van der Waals surface area contributed by atoms with Gasteiger partial charge in [0.05, 0.1) is 0 Å². The second-order valence-electron chi connectivity index (χ2n) is 5.68. The summed E-state index contributed by atoms with van der Waals surface area (Å²) in [5.74, 6) is 0.185. The number of ether oxygens (including phenoxy) is 1. The number of hydrogen-bond donors (Lipinski definition) is 0. The van der Waals surface area contributed by atoms with Crippen molar-refractivity contribution in [2.45, 2.75) is 58.0 Å². The lowest BCUT2D eigenvalue weighted by Gasteiger charge is -2.35. The van der Waals surface area contributed by atoms with Gasteiger partial charge in [-0.3, -0.25) is 4.79 Å². The Balaban J connectivity index is 2.15. The average molecular weight is 295 g/mol. The van der Waals surface area contributed by atoms with Crippen LogP contribution < -0.4 is 0 Å². The lowest BCUT2D eigenvalue weighted by molar-refractivity contribution is -0.148. The fourth-order valence-corrected chi connectivity index (χ4v) is 3.33. The minimum atomic E-state index is -0.568. The normalized spacial score (nSPS) is 17.9. The van der Waals surface area contributed by atoms with Gasteiger partial charge in [0, 0.05) is 18.1 Å². The molecule has 3 heteroatoms. The lowest BCUT2D eigenvalue weighted by atomic mass is 9.79. The van der Waals surface area contributed by atoms with Gasteiger partial charge >= 0.3 is 0 Å². The van der Waals surface area contributed by atoms with Gasteiger partial charge in [-0.05, 0) is 43.9 Å². The van der Waals surface area contributed by atoms with Gasteiger partial charge in [-0.2, -0.15) is 0 Å². The van der Waals surface area contributed by atoms with Crippen LogP contribution in [0.5, 0.6) is 0 Å². The van der Waals surface area contributed by atoms with E-state index in [2.05, 4.69) is 0 Å². The van der Waals surface area contributed by atoms with E-state index < -0.39 is 5.60 Å². The molecule has 0 spiro atoms. The lowest BCUT2D eigenvalue weighted by Crippen LogP contribution is -2.44. The Kier molecular flexibility index (Phi) is 5.22. The second-order valence-corrected chi connectivity index (χ2v) is 6.09. The zero-order valence-corrected chi connectivity index (χ0v) is 13.1. The van der Waals surface area contributed by atoms with E-state index in [0.717, 1.165) is 36.8 Å². The third-order valence-electron chi connectivity index (χ3n) is 4.15. The summed E-state index contributed by atoms with van der Waals surface area (Å²) in [6, 6.07) is 5.87. The summed E-state index contributed by atoms with van der Waals surface area (Å²) in [6.45, 7) is 4.55. The Labute approximate surface area is 126 Å². The molecule has 0 aliphatic heterocycles. The summed E-state index contributed by atoms with van der Waals surface area (Å²) >= 11 is 6.24. The van der Waals surface area contributed by atoms with Gasteiger partial charge in [0.25, 0.3) is 0 Å². The standard InChI is InChI=1S/C17H23ClO2/c1-3-20-17(9-5-4-6-10-17)16(19)12-14-8-7-13(2)11-15(14)18/h7-8,11H,3-6,9-10,12H2,1-2H3. The zero-order chi connectivity index (χ0) is 14.6. The minimum Gasteiger partial charge on any atom is -0.367 e. The maximum absolute atomic E-state index is 12.7. The molecule has 1 aliphatic carbocycles. The molecule has 0 aromatic heterocycles. The average Bonchev–Trinajstić information content (AvgIpc) is 2.43. The molecule has 1 aliphatic rings. The van der Waals surface area contributed by atoms with Crippen LogP contribution in [0.15, 0.2) is 18.2 Å². The van der Waals surface area contributed by atoms with Crippen LogP contribution in [-0.4, -0.2) is 18.0 Å². The number of halogens is 1. The Bertz CT molecular complexity index is 470. The molecule has 0 amide bonds. The first-order valence-corrected chi connectivity index (χ1v) is 7.87. The number of rotatable bonds is 5. The van der Waals surface area contributed by atoms with Crippen LogP contribution >= 0.6 is 11.6 Å². The van der Waals surface area contributed by atoms with Crippen LogP contribution in [0.2, 0.25) is 5.02 Å². The molecule has 1 aromatic carbocycles. The largest absolute Gasteiger partial charge is 0.367 e. The van der Waals surface area contributed by atoms with E-state index in [1.54, 1.807) is 0 Å². The van der Waals surface area contributed by atoms with Crippen molar-refractivity contribution in [2.75, 3.05) is 6.61 Å². The van der Waals surface area contributed by atoms with Gasteiger partial charge < -0.3 is 4.74 Å². The maximum Gasteiger partial charge on any atom is 0.169 e. The molecule has 20 heavy (non-hydrogen) atoms. The number of aryl methyl sites for hydroxylation is 1.